The Kier molecular flexibility index (Phi) is 4.24. The van der Waals surface area contributed by atoms with E-state index in [1.807, 2.05) is 43.3 Å². The lowest BCUT2D eigenvalue weighted by molar-refractivity contribution is -0.132. The van der Waals surface area contributed by atoms with Crippen molar-refractivity contribution in [2.24, 2.45) is 0 Å². The Morgan fingerprint density at radius 2 is 2.13 bits per heavy atom. The summed E-state index contributed by atoms with van der Waals surface area (Å²) in [5.74, 6) is 1.01. The van der Waals surface area contributed by atoms with E-state index in [9.17, 15) is 4.79 Å². The molecule has 1 saturated heterocycles. The van der Waals surface area contributed by atoms with Gasteiger partial charge in [-0.15, -0.1) is 0 Å². The smallest absolute Gasteiger partial charge is 0.224 e. The monoisotopic (exact) mass is 316 g/mol. The molecule has 0 saturated carbocycles. The third kappa shape index (κ3) is 3.02. The maximum atomic E-state index is 12.7. The summed E-state index contributed by atoms with van der Waals surface area (Å²) in [7, 11) is 0. The average molecular weight is 316 g/mol. The molecule has 0 radical (unpaired) electrons. The minimum Gasteiger partial charge on any atom is -0.361 e. The number of carbonyl (C=O) groups is 1. The molecule has 2 aromatic heterocycles. The summed E-state index contributed by atoms with van der Waals surface area (Å²) in [6, 6.07) is 2.14. The Labute approximate surface area is 136 Å². The van der Waals surface area contributed by atoms with Gasteiger partial charge in [-0.05, 0) is 46.6 Å². The molecule has 1 aliphatic rings. The van der Waals surface area contributed by atoms with Crippen LogP contribution in [0.15, 0.2) is 10.6 Å². The normalized spacial score (nSPS) is 17.9. The highest BCUT2D eigenvalue weighted by atomic mass is 16.5. The number of hydrogen-bond acceptors (Lipinski definition) is 4. The van der Waals surface area contributed by atoms with Crippen LogP contribution in [-0.4, -0.2) is 32.3 Å². The number of aryl methyl sites for hydroxylation is 5. The van der Waals surface area contributed by atoms with Crippen LogP contribution >= 0.6 is 0 Å². The van der Waals surface area contributed by atoms with Crippen LogP contribution in [0.1, 0.15) is 53.7 Å². The largest absolute Gasteiger partial charge is 0.361 e. The van der Waals surface area contributed by atoms with Crippen molar-refractivity contribution in [3.05, 3.63) is 34.5 Å². The van der Waals surface area contributed by atoms with Crippen molar-refractivity contribution in [1.29, 1.82) is 0 Å². The summed E-state index contributed by atoms with van der Waals surface area (Å²) in [4.78, 5) is 14.7. The predicted octanol–water partition coefficient (Wildman–Crippen LogP) is 2.86. The van der Waals surface area contributed by atoms with Gasteiger partial charge >= 0.3 is 0 Å². The van der Waals surface area contributed by atoms with Gasteiger partial charge in [0.2, 0.25) is 5.91 Å². The molecule has 0 spiro atoms. The zero-order chi connectivity index (χ0) is 16.6. The summed E-state index contributed by atoms with van der Waals surface area (Å²) in [6.07, 6.45) is 2.48. The highest BCUT2D eigenvalue weighted by molar-refractivity contribution is 5.77. The molecule has 1 atom stereocenters. The number of rotatable bonds is 4. The zero-order valence-electron chi connectivity index (χ0n) is 14.3. The fourth-order valence-corrected chi connectivity index (χ4v) is 3.58. The molecule has 3 rings (SSSR count). The Hall–Kier alpha value is -2.11. The van der Waals surface area contributed by atoms with E-state index >= 15 is 0 Å². The molecule has 3 heterocycles. The second-order valence-electron chi connectivity index (χ2n) is 6.38. The predicted molar refractivity (Wildman–Crippen MR) is 86.0 cm³/mol. The summed E-state index contributed by atoms with van der Waals surface area (Å²) in [5, 5.41) is 8.46. The molecule has 0 aliphatic carbocycles. The van der Waals surface area contributed by atoms with E-state index in [0.717, 1.165) is 47.8 Å². The van der Waals surface area contributed by atoms with Crippen molar-refractivity contribution in [2.75, 3.05) is 6.54 Å². The first-order chi connectivity index (χ1) is 11.0. The van der Waals surface area contributed by atoms with Crippen molar-refractivity contribution in [2.45, 2.75) is 59.5 Å². The Balaban J connectivity index is 1.70. The molecule has 2 aromatic rings. The third-order valence-electron chi connectivity index (χ3n) is 4.64. The quantitative estimate of drug-likeness (QED) is 0.870. The van der Waals surface area contributed by atoms with Crippen molar-refractivity contribution in [3.63, 3.8) is 0 Å². The summed E-state index contributed by atoms with van der Waals surface area (Å²) in [5.41, 5.74) is 4.07. The van der Waals surface area contributed by atoms with Crippen LogP contribution in [0, 0.1) is 27.7 Å². The standard InChI is InChI=1S/C17H24N4O2/c1-11-10-12(2)21(18-11)9-7-16(22)20-8-5-6-15(20)17-13(3)19-23-14(17)4/h10,15H,5-9H2,1-4H3/t15-/m1/s1. The van der Waals surface area contributed by atoms with Gasteiger partial charge in [0.25, 0.3) is 0 Å². The molecule has 1 fully saturated rings. The van der Waals surface area contributed by atoms with Crippen molar-refractivity contribution < 1.29 is 9.32 Å². The van der Waals surface area contributed by atoms with Gasteiger partial charge in [-0.2, -0.15) is 5.10 Å². The van der Waals surface area contributed by atoms with Crippen molar-refractivity contribution in [3.8, 4) is 0 Å². The summed E-state index contributed by atoms with van der Waals surface area (Å²) in [6.45, 7) is 9.30. The lowest BCUT2D eigenvalue weighted by Gasteiger charge is -2.25. The molecule has 1 amide bonds. The molecule has 0 unspecified atom stereocenters. The fourth-order valence-electron chi connectivity index (χ4n) is 3.58. The van der Waals surface area contributed by atoms with Crippen LogP contribution in [0.5, 0.6) is 0 Å². The van der Waals surface area contributed by atoms with E-state index < -0.39 is 0 Å². The van der Waals surface area contributed by atoms with Crippen LogP contribution in [0.4, 0.5) is 0 Å². The van der Waals surface area contributed by atoms with Crippen molar-refractivity contribution >= 4 is 5.91 Å². The van der Waals surface area contributed by atoms with Gasteiger partial charge in [0, 0.05) is 30.8 Å². The maximum absolute atomic E-state index is 12.7. The topological polar surface area (TPSA) is 64.2 Å². The van der Waals surface area contributed by atoms with E-state index in [1.165, 1.54) is 0 Å². The third-order valence-corrected chi connectivity index (χ3v) is 4.64. The van der Waals surface area contributed by atoms with Gasteiger partial charge in [-0.1, -0.05) is 5.16 Å². The lowest BCUT2D eigenvalue weighted by Crippen LogP contribution is -2.31. The van der Waals surface area contributed by atoms with Gasteiger partial charge < -0.3 is 9.42 Å². The van der Waals surface area contributed by atoms with E-state index in [4.69, 9.17) is 4.52 Å². The molecule has 1 aliphatic heterocycles. The van der Waals surface area contributed by atoms with Gasteiger partial charge in [-0.3, -0.25) is 9.48 Å². The zero-order valence-corrected chi connectivity index (χ0v) is 14.3. The van der Waals surface area contributed by atoms with Gasteiger partial charge in [0.1, 0.15) is 5.76 Å². The summed E-state index contributed by atoms with van der Waals surface area (Å²) < 4.78 is 7.19. The molecule has 6 nitrogen and oxygen atoms in total. The highest BCUT2D eigenvalue weighted by Crippen LogP contribution is 2.35. The number of nitrogens with zero attached hydrogens (tertiary/aromatic N) is 4. The van der Waals surface area contributed by atoms with Crippen LogP contribution in [0.3, 0.4) is 0 Å². The number of amides is 1. The minimum absolute atomic E-state index is 0.106. The van der Waals surface area contributed by atoms with E-state index in [2.05, 4.69) is 10.3 Å². The Morgan fingerprint density at radius 1 is 1.35 bits per heavy atom. The fraction of sp³-hybridized carbons (Fsp3) is 0.588. The van der Waals surface area contributed by atoms with E-state index in [1.54, 1.807) is 0 Å². The number of aromatic nitrogens is 3. The molecule has 6 heteroatoms. The van der Waals surface area contributed by atoms with Crippen molar-refractivity contribution in [1.82, 2.24) is 19.8 Å². The van der Waals surface area contributed by atoms with Gasteiger partial charge in [0.15, 0.2) is 0 Å². The first-order valence-corrected chi connectivity index (χ1v) is 8.20. The number of carbonyl (C=O) groups excluding carboxylic acids is 1. The van der Waals surface area contributed by atoms with Gasteiger partial charge in [-0.25, -0.2) is 0 Å². The first-order valence-electron chi connectivity index (χ1n) is 8.20. The SMILES string of the molecule is Cc1cc(C)n(CCC(=O)N2CCC[C@@H]2c2c(C)noc2C)n1. The summed E-state index contributed by atoms with van der Waals surface area (Å²) >= 11 is 0. The van der Waals surface area contributed by atoms with Crippen LogP contribution in [0.2, 0.25) is 0 Å². The number of likely N-dealkylation sites (tertiary alicyclic amines) is 1. The Bertz CT molecular complexity index is 697. The van der Waals surface area contributed by atoms with Gasteiger partial charge in [0.05, 0.1) is 17.4 Å². The van der Waals surface area contributed by atoms with Crippen LogP contribution < -0.4 is 0 Å². The van der Waals surface area contributed by atoms with Crippen LogP contribution in [0.25, 0.3) is 0 Å². The average Bonchev–Trinajstić information content (AvgIpc) is 3.17. The van der Waals surface area contributed by atoms with Crippen LogP contribution in [-0.2, 0) is 11.3 Å². The molecular formula is C17H24N4O2. The number of hydrogen-bond donors (Lipinski definition) is 0. The van der Waals surface area contributed by atoms with E-state index in [-0.39, 0.29) is 11.9 Å². The molecular weight excluding hydrogens is 292 g/mol. The second-order valence-corrected chi connectivity index (χ2v) is 6.38. The Morgan fingerprint density at radius 3 is 2.74 bits per heavy atom. The van der Waals surface area contributed by atoms with E-state index in [0.29, 0.717) is 13.0 Å². The minimum atomic E-state index is 0.106. The lowest BCUT2D eigenvalue weighted by atomic mass is 10.0. The molecule has 23 heavy (non-hydrogen) atoms. The molecule has 0 bridgehead atoms. The molecule has 0 N–H and O–H groups in total. The first kappa shape index (κ1) is 15.8. The second kappa shape index (κ2) is 6.18. The maximum Gasteiger partial charge on any atom is 0.224 e. The highest BCUT2D eigenvalue weighted by Gasteiger charge is 2.33. The molecule has 0 aromatic carbocycles. The molecule has 124 valence electrons.